The Bertz CT molecular complexity index is 481. The fraction of sp³-hybridized carbons (Fsp3) is 0.167. The van der Waals surface area contributed by atoms with Gasteiger partial charge in [0, 0.05) is 14.9 Å². The molecule has 1 aromatic heterocycles. The van der Waals surface area contributed by atoms with Gasteiger partial charge in [0.15, 0.2) is 0 Å². The second kappa shape index (κ2) is 5.34. The Hall–Kier alpha value is -0.320. The van der Waals surface area contributed by atoms with Gasteiger partial charge in [-0.15, -0.1) is 11.3 Å². The van der Waals surface area contributed by atoms with Crippen LogP contribution in [0.1, 0.15) is 15.3 Å². The molecule has 0 aliphatic rings. The maximum Gasteiger partial charge on any atom is 0.123 e. The van der Waals surface area contributed by atoms with E-state index in [0.29, 0.717) is 0 Å². The summed E-state index contributed by atoms with van der Waals surface area (Å²) < 4.78 is 6.49. The largest absolute Gasteiger partial charge is 0.496 e. The van der Waals surface area contributed by atoms with Gasteiger partial charge in [-0.2, -0.15) is 0 Å². The van der Waals surface area contributed by atoms with E-state index in [1.165, 1.54) is 4.88 Å². The molecule has 0 aliphatic carbocycles. The van der Waals surface area contributed by atoms with Crippen LogP contribution in [0, 0.1) is 0 Å². The zero-order chi connectivity index (χ0) is 11.5. The molecule has 0 radical (unpaired) electrons. The average molecular weight is 362 g/mol. The van der Waals surface area contributed by atoms with E-state index in [2.05, 4.69) is 49.4 Å². The molecule has 4 heteroatoms. The van der Waals surface area contributed by atoms with Gasteiger partial charge in [0.25, 0.3) is 0 Å². The van der Waals surface area contributed by atoms with Crippen LogP contribution in [-0.2, 0) is 0 Å². The van der Waals surface area contributed by atoms with Crippen molar-refractivity contribution in [1.29, 1.82) is 0 Å². The van der Waals surface area contributed by atoms with E-state index in [0.717, 1.165) is 15.8 Å². The monoisotopic (exact) mass is 360 g/mol. The van der Waals surface area contributed by atoms with Crippen molar-refractivity contribution < 1.29 is 4.74 Å². The number of methoxy groups -OCH3 is 1. The summed E-state index contributed by atoms with van der Waals surface area (Å²) in [6, 6.07) is 10.1. The number of benzene rings is 1. The van der Waals surface area contributed by atoms with Crippen molar-refractivity contribution in [2.75, 3.05) is 7.11 Å². The zero-order valence-electron chi connectivity index (χ0n) is 8.61. The summed E-state index contributed by atoms with van der Waals surface area (Å²) in [7, 11) is 1.70. The minimum atomic E-state index is 0.165. The van der Waals surface area contributed by atoms with Gasteiger partial charge in [-0.05, 0) is 33.4 Å². The molecule has 0 bridgehead atoms. The van der Waals surface area contributed by atoms with Gasteiger partial charge in [0.1, 0.15) is 5.75 Å². The Balaban J connectivity index is 2.41. The maximum absolute atomic E-state index is 5.36. The lowest BCUT2D eigenvalue weighted by Gasteiger charge is -2.13. The third-order valence-corrected chi connectivity index (χ3v) is 5.48. The van der Waals surface area contributed by atoms with Crippen molar-refractivity contribution in [3.8, 4) is 5.75 Å². The number of hydrogen-bond donors (Lipinski definition) is 0. The molecular weight excluding hydrogens is 352 g/mol. The number of thiophene rings is 1. The van der Waals surface area contributed by atoms with Crippen LogP contribution in [0.3, 0.4) is 0 Å². The molecule has 2 rings (SSSR count). The summed E-state index contributed by atoms with van der Waals surface area (Å²) >= 11 is 8.99. The second-order valence-electron chi connectivity index (χ2n) is 3.24. The van der Waals surface area contributed by atoms with Crippen molar-refractivity contribution in [1.82, 2.24) is 0 Å². The number of para-hydroxylation sites is 1. The fourth-order valence-electron chi connectivity index (χ4n) is 1.50. The molecule has 0 N–H and O–H groups in total. The highest BCUT2D eigenvalue weighted by atomic mass is 79.9. The quantitative estimate of drug-likeness (QED) is 0.698. The minimum Gasteiger partial charge on any atom is -0.496 e. The molecule has 1 unspecified atom stereocenters. The standard InChI is InChI=1S/C12H10Br2OS/c1-15-10-5-3-2-4-8(10)11(14)12-9(13)6-7-16-12/h2-7,11H,1H3. The van der Waals surface area contributed by atoms with E-state index in [1.807, 2.05) is 18.2 Å². The lowest BCUT2D eigenvalue weighted by atomic mass is 10.1. The molecule has 2 aromatic rings. The molecule has 0 saturated heterocycles. The van der Waals surface area contributed by atoms with E-state index in [-0.39, 0.29) is 4.83 Å². The molecule has 0 spiro atoms. The van der Waals surface area contributed by atoms with Crippen molar-refractivity contribution in [3.63, 3.8) is 0 Å². The third kappa shape index (κ3) is 2.34. The molecule has 0 amide bonds. The summed E-state index contributed by atoms with van der Waals surface area (Å²) in [5, 5.41) is 2.07. The minimum absolute atomic E-state index is 0.165. The molecule has 1 nitrogen and oxygen atoms in total. The molecule has 0 aliphatic heterocycles. The Morgan fingerprint density at radius 3 is 2.62 bits per heavy atom. The lowest BCUT2D eigenvalue weighted by Crippen LogP contribution is -1.95. The summed E-state index contributed by atoms with van der Waals surface area (Å²) in [5.74, 6) is 0.907. The van der Waals surface area contributed by atoms with Crippen LogP contribution in [0.2, 0.25) is 0 Å². The van der Waals surface area contributed by atoms with E-state index >= 15 is 0 Å². The first-order valence-electron chi connectivity index (χ1n) is 4.74. The van der Waals surface area contributed by atoms with Crippen LogP contribution < -0.4 is 4.74 Å². The van der Waals surface area contributed by atoms with Gasteiger partial charge in [0.2, 0.25) is 0 Å². The molecule has 0 fully saturated rings. The maximum atomic E-state index is 5.36. The number of rotatable bonds is 3. The average Bonchev–Trinajstić information content (AvgIpc) is 2.74. The Labute approximate surface area is 116 Å². The smallest absolute Gasteiger partial charge is 0.123 e. The molecule has 0 saturated carbocycles. The molecule has 1 aromatic carbocycles. The summed E-state index contributed by atoms with van der Waals surface area (Å²) in [6.45, 7) is 0. The Kier molecular flexibility index (Phi) is 4.05. The van der Waals surface area contributed by atoms with E-state index in [4.69, 9.17) is 4.74 Å². The zero-order valence-corrected chi connectivity index (χ0v) is 12.6. The molecule has 1 heterocycles. The predicted molar refractivity (Wildman–Crippen MR) is 75.8 cm³/mol. The van der Waals surface area contributed by atoms with Crippen molar-refractivity contribution in [3.05, 3.63) is 50.6 Å². The van der Waals surface area contributed by atoms with Crippen LogP contribution in [0.15, 0.2) is 40.2 Å². The molecule has 84 valence electrons. The van der Waals surface area contributed by atoms with Gasteiger partial charge in [0.05, 0.1) is 11.9 Å². The van der Waals surface area contributed by atoms with Crippen LogP contribution >= 0.6 is 43.2 Å². The Morgan fingerprint density at radius 2 is 2.00 bits per heavy atom. The predicted octanol–water partition coefficient (Wildman–Crippen LogP) is 5.00. The Morgan fingerprint density at radius 1 is 1.25 bits per heavy atom. The number of halogens is 2. The molecule has 16 heavy (non-hydrogen) atoms. The van der Waals surface area contributed by atoms with Gasteiger partial charge in [-0.25, -0.2) is 0 Å². The van der Waals surface area contributed by atoms with E-state index in [1.54, 1.807) is 18.4 Å². The fourth-order valence-corrected chi connectivity index (χ4v) is 4.35. The van der Waals surface area contributed by atoms with Gasteiger partial charge < -0.3 is 4.74 Å². The highest BCUT2D eigenvalue weighted by Crippen LogP contribution is 2.41. The van der Waals surface area contributed by atoms with E-state index < -0.39 is 0 Å². The molecular formula is C12H10Br2OS. The SMILES string of the molecule is COc1ccccc1C(Br)c1sccc1Br. The summed E-state index contributed by atoms with van der Waals surface area (Å²) in [4.78, 5) is 1.42. The van der Waals surface area contributed by atoms with E-state index in [9.17, 15) is 0 Å². The number of hydrogen-bond acceptors (Lipinski definition) is 2. The van der Waals surface area contributed by atoms with Crippen LogP contribution in [0.5, 0.6) is 5.75 Å². The first kappa shape index (κ1) is 12.1. The highest BCUT2D eigenvalue weighted by molar-refractivity contribution is 9.11. The third-order valence-electron chi connectivity index (χ3n) is 2.29. The summed E-state index contributed by atoms with van der Waals surface area (Å²) in [6.07, 6.45) is 0. The van der Waals surface area contributed by atoms with Crippen molar-refractivity contribution in [2.45, 2.75) is 4.83 Å². The summed E-state index contributed by atoms with van der Waals surface area (Å²) in [5.41, 5.74) is 1.15. The van der Waals surface area contributed by atoms with Crippen molar-refractivity contribution >= 4 is 43.2 Å². The number of alkyl halides is 1. The van der Waals surface area contributed by atoms with Crippen LogP contribution in [-0.4, -0.2) is 7.11 Å². The topological polar surface area (TPSA) is 9.23 Å². The normalized spacial score (nSPS) is 12.4. The van der Waals surface area contributed by atoms with Crippen LogP contribution in [0.25, 0.3) is 0 Å². The second-order valence-corrected chi connectivity index (χ2v) is 5.96. The van der Waals surface area contributed by atoms with Gasteiger partial charge in [-0.1, -0.05) is 34.1 Å². The van der Waals surface area contributed by atoms with Crippen LogP contribution in [0.4, 0.5) is 0 Å². The highest BCUT2D eigenvalue weighted by Gasteiger charge is 2.18. The van der Waals surface area contributed by atoms with Gasteiger partial charge >= 0.3 is 0 Å². The first-order valence-corrected chi connectivity index (χ1v) is 7.32. The van der Waals surface area contributed by atoms with Crippen molar-refractivity contribution in [2.24, 2.45) is 0 Å². The lowest BCUT2D eigenvalue weighted by molar-refractivity contribution is 0.410. The number of ether oxygens (including phenoxy) is 1. The van der Waals surface area contributed by atoms with Gasteiger partial charge in [-0.3, -0.25) is 0 Å². The first-order chi connectivity index (χ1) is 7.74. The molecule has 1 atom stereocenters.